The Kier molecular flexibility index (Phi) is 4.94. The first-order valence-corrected chi connectivity index (χ1v) is 8.97. The van der Waals surface area contributed by atoms with Crippen molar-refractivity contribution < 1.29 is 9.90 Å². The third-order valence-corrected chi connectivity index (χ3v) is 5.35. The topological polar surface area (TPSA) is 79.2 Å². The molecule has 0 fully saturated rings. The molecule has 0 radical (unpaired) electrons. The maximum Gasteiger partial charge on any atom is 0.346 e. The Hall–Kier alpha value is -2.54. The van der Waals surface area contributed by atoms with Gasteiger partial charge in [0.15, 0.2) is 0 Å². The van der Waals surface area contributed by atoms with Gasteiger partial charge in [-0.15, -0.1) is 11.3 Å². The number of aromatic nitrogens is 3. The van der Waals surface area contributed by atoms with E-state index in [0.29, 0.717) is 10.7 Å². The number of aromatic carboxylic acids is 1. The van der Waals surface area contributed by atoms with E-state index >= 15 is 0 Å². The van der Waals surface area contributed by atoms with Crippen LogP contribution in [0.4, 0.5) is 5.82 Å². The highest BCUT2D eigenvalue weighted by Gasteiger charge is 2.21. The van der Waals surface area contributed by atoms with E-state index in [0.717, 1.165) is 41.1 Å². The molecule has 1 N–H and O–H groups in total. The number of hydrogen-bond acceptors (Lipinski definition) is 6. The highest BCUT2D eigenvalue weighted by molar-refractivity contribution is 7.20. The number of nitrogens with zero attached hydrogens (tertiary/aromatic N) is 4. The fourth-order valence-corrected chi connectivity index (χ4v) is 3.94. The molecule has 3 heterocycles. The van der Waals surface area contributed by atoms with Crippen molar-refractivity contribution in [3.8, 4) is 0 Å². The number of carbonyl (C=O) groups is 1. The molecule has 6 nitrogen and oxygen atoms in total. The molecule has 0 aliphatic rings. The molecule has 0 saturated heterocycles. The highest BCUT2D eigenvalue weighted by Crippen LogP contribution is 2.35. The Morgan fingerprint density at radius 2 is 1.96 bits per heavy atom. The molecule has 3 aromatic rings. The number of rotatable bonds is 6. The van der Waals surface area contributed by atoms with E-state index in [1.165, 1.54) is 16.9 Å². The van der Waals surface area contributed by atoms with Crippen molar-refractivity contribution in [3.05, 3.63) is 46.4 Å². The molecule has 7 heteroatoms. The van der Waals surface area contributed by atoms with Gasteiger partial charge in [-0.05, 0) is 50.5 Å². The van der Waals surface area contributed by atoms with Gasteiger partial charge in [0.25, 0.3) is 0 Å². The van der Waals surface area contributed by atoms with Gasteiger partial charge >= 0.3 is 5.97 Å². The molecule has 0 aliphatic heterocycles. The van der Waals surface area contributed by atoms with Gasteiger partial charge in [-0.25, -0.2) is 14.8 Å². The number of thiophene rings is 1. The Labute approximate surface area is 150 Å². The molecule has 3 aromatic heterocycles. The van der Waals surface area contributed by atoms with Crippen LogP contribution in [0, 0.1) is 13.8 Å². The first kappa shape index (κ1) is 17.3. The molecule has 25 heavy (non-hydrogen) atoms. The van der Waals surface area contributed by atoms with Gasteiger partial charge in [-0.2, -0.15) is 0 Å². The van der Waals surface area contributed by atoms with E-state index in [1.54, 1.807) is 12.4 Å². The summed E-state index contributed by atoms with van der Waals surface area (Å²) >= 11 is 1.22. The van der Waals surface area contributed by atoms with E-state index in [9.17, 15) is 9.90 Å². The molecule has 0 aromatic carbocycles. The number of pyridine rings is 1. The number of anilines is 1. The summed E-state index contributed by atoms with van der Waals surface area (Å²) in [5.74, 6) is 0.562. The summed E-state index contributed by atoms with van der Waals surface area (Å²) in [7, 11) is 0. The highest BCUT2D eigenvalue weighted by atomic mass is 32.1. The molecule has 0 atom stereocenters. The average Bonchev–Trinajstić information content (AvgIpc) is 2.93. The van der Waals surface area contributed by atoms with Gasteiger partial charge in [0, 0.05) is 25.5 Å². The van der Waals surface area contributed by atoms with Crippen LogP contribution in [0.3, 0.4) is 0 Å². The summed E-state index contributed by atoms with van der Waals surface area (Å²) in [5, 5.41) is 10.3. The monoisotopic (exact) mass is 356 g/mol. The molecular weight excluding hydrogens is 336 g/mol. The molecule has 0 aliphatic carbocycles. The molecule has 130 valence electrons. The molecule has 3 rings (SSSR count). The van der Waals surface area contributed by atoms with Crippen molar-refractivity contribution in [1.82, 2.24) is 15.0 Å². The lowest BCUT2D eigenvalue weighted by molar-refractivity contribution is 0.0701. The Balaban J connectivity index is 2.01. The molecule has 0 bridgehead atoms. The summed E-state index contributed by atoms with van der Waals surface area (Å²) in [6.45, 7) is 7.34. The summed E-state index contributed by atoms with van der Waals surface area (Å²) < 4.78 is 0. The zero-order valence-corrected chi connectivity index (χ0v) is 15.3. The molecule has 0 saturated carbocycles. The lowest BCUT2D eigenvalue weighted by atomic mass is 10.1. The van der Waals surface area contributed by atoms with Gasteiger partial charge < -0.3 is 10.0 Å². The number of aryl methyl sites for hydroxylation is 2. The third-order valence-electron chi connectivity index (χ3n) is 4.18. The fraction of sp³-hybridized carbons (Fsp3) is 0.333. The zero-order chi connectivity index (χ0) is 18.0. The summed E-state index contributed by atoms with van der Waals surface area (Å²) in [4.78, 5) is 27.9. The average molecular weight is 356 g/mol. The summed E-state index contributed by atoms with van der Waals surface area (Å²) in [5.41, 5.74) is 1.95. The van der Waals surface area contributed by atoms with Crippen LogP contribution in [-0.2, 0) is 6.42 Å². The minimum absolute atomic E-state index is 0.335. The maximum atomic E-state index is 11.5. The Bertz CT molecular complexity index is 908. The third kappa shape index (κ3) is 3.46. The van der Waals surface area contributed by atoms with Crippen molar-refractivity contribution in [2.75, 3.05) is 18.0 Å². The van der Waals surface area contributed by atoms with Crippen LogP contribution >= 0.6 is 11.3 Å². The van der Waals surface area contributed by atoms with E-state index in [2.05, 4.69) is 26.8 Å². The van der Waals surface area contributed by atoms with Crippen LogP contribution in [0.2, 0.25) is 0 Å². The van der Waals surface area contributed by atoms with E-state index < -0.39 is 5.97 Å². The van der Waals surface area contributed by atoms with Gasteiger partial charge in [-0.3, -0.25) is 4.98 Å². The van der Waals surface area contributed by atoms with Crippen LogP contribution in [-0.4, -0.2) is 39.1 Å². The molecule has 0 amide bonds. The lowest BCUT2D eigenvalue weighted by Gasteiger charge is -2.23. The van der Waals surface area contributed by atoms with Crippen molar-refractivity contribution in [2.45, 2.75) is 27.2 Å². The van der Waals surface area contributed by atoms with Gasteiger partial charge in [-0.1, -0.05) is 0 Å². The van der Waals surface area contributed by atoms with Gasteiger partial charge in [0.2, 0.25) is 0 Å². The first-order chi connectivity index (χ1) is 12.0. The standard InChI is InChI=1S/C18H20N4O2S/c1-4-22(10-7-13-5-8-19-9-6-13)16-14-11(2)15(18(23)24)25-17(14)21-12(3)20-16/h5-6,8-9H,4,7,10H2,1-3H3,(H,23,24). The van der Waals surface area contributed by atoms with Crippen LogP contribution in [0.5, 0.6) is 0 Å². The van der Waals surface area contributed by atoms with Crippen molar-refractivity contribution in [1.29, 1.82) is 0 Å². The largest absolute Gasteiger partial charge is 0.477 e. The van der Waals surface area contributed by atoms with Gasteiger partial charge in [0.1, 0.15) is 21.3 Å². The van der Waals surface area contributed by atoms with Crippen LogP contribution < -0.4 is 4.90 Å². The molecule has 0 spiro atoms. The van der Waals surface area contributed by atoms with Crippen molar-refractivity contribution in [3.63, 3.8) is 0 Å². The normalized spacial score (nSPS) is 11.0. The van der Waals surface area contributed by atoms with Gasteiger partial charge in [0.05, 0.1) is 5.39 Å². The predicted molar refractivity (Wildman–Crippen MR) is 99.7 cm³/mol. The number of carboxylic acids is 1. The second kappa shape index (κ2) is 7.14. The van der Waals surface area contributed by atoms with Crippen LogP contribution in [0.1, 0.15) is 33.5 Å². The number of likely N-dealkylation sites (N-methyl/N-ethyl adjacent to an activating group) is 1. The van der Waals surface area contributed by atoms with Crippen molar-refractivity contribution in [2.24, 2.45) is 0 Å². The minimum Gasteiger partial charge on any atom is -0.477 e. The minimum atomic E-state index is -0.913. The Morgan fingerprint density at radius 3 is 2.60 bits per heavy atom. The SMILES string of the molecule is CCN(CCc1ccncc1)c1nc(C)nc2sc(C(=O)O)c(C)c12. The van der Waals surface area contributed by atoms with Crippen LogP contribution in [0.15, 0.2) is 24.5 Å². The summed E-state index contributed by atoms with van der Waals surface area (Å²) in [6, 6.07) is 4.01. The number of hydrogen-bond donors (Lipinski definition) is 1. The Morgan fingerprint density at radius 1 is 1.24 bits per heavy atom. The van der Waals surface area contributed by atoms with E-state index in [4.69, 9.17) is 0 Å². The summed E-state index contributed by atoms with van der Waals surface area (Å²) in [6.07, 6.45) is 4.46. The number of fused-ring (bicyclic) bond motifs is 1. The maximum absolute atomic E-state index is 11.5. The molecular formula is C18H20N4O2S. The lowest BCUT2D eigenvalue weighted by Crippen LogP contribution is -2.27. The molecule has 0 unspecified atom stereocenters. The van der Waals surface area contributed by atoms with Crippen molar-refractivity contribution >= 4 is 33.3 Å². The smallest absolute Gasteiger partial charge is 0.346 e. The zero-order valence-electron chi connectivity index (χ0n) is 14.5. The van der Waals surface area contributed by atoms with E-state index in [-0.39, 0.29) is 0 Å². The second-order valence-electron chi connectivity index (χ2n) is 5.82. The number of carboxylic acid groups (broad SMARTS) is 1. The van der Waals surface area contributed by atoms with Crippen LogP contribution in [0.25, 0.3) is 10.2 Å². The predicted octanol–water partition coefficient (Wildman–Crippen LogP) is 3.47. The second-order valence-corrected chi connectivity index (χ2v) is 6.82. The first-order valence-electron chi connectivity index (χ1n) is 8.16. The van der Waals surface area contributed by atoms with E-state index in [1.807, 2.05) is 26.0 Å². The fourth-order valence-electron chi connectivity index (χ4n) is 2.88. The quantitative estimate of drug-likeness (QED) is 0.728.